The molecule has 0 saturated carbocycles. The van der Waals surface area contributed by atoms with Crippen molar-refractivity contribution in [3.05, 3.63) is 40.2 Å². The summed E-state index contributed by atoms with van der Waals surface area (Å²) in [6.07, 6.45) is 1.03. The van der Waals surface area contributed by atoms with Crippen LogP contribution < -0.4 is 5.73 Å². The Morgan fingerprint density at radius 3 is 2.53 bits per heavy atom. The lowest BCUT2D eigenvalue weighted by molar-refractivity contribution is 0.648. The van der Waals surface area contributed by atoms with E-state index in [1.165, 1.54) is 5.56 Å². The largest absolute Gasteiger partial charge is 0.398 e. The summed E-state index contributed by atoms with van der Waals surface area (Å²) >= 11 is 7.52. The SMILES string of the molecule is CC(C)Cc1ccc(-c2ccc(Cl)s2)cc1N. The van der Waals surface area contributed by atoms with Crippen LogP contribution >= 0.6 is 22.9 Å². The molecule has 1 aromatic heterocycles. The van der Waals surface area contributed by atoms with E-state index >= 15 is 0 Å². The van der Waals surface area contributed by atoms with Gasteiger partial charge in [-0.05, 0) is 41.7 Å². The first-order valence-electron chi connectivity index (χ1n) is 5.70. The maximum Gasteiger partial charge on any atom is 0.0934 e. The first-order valence-corrected chi connectivity index (χ1v) is 6.90. The summed E-state index contributed by atoms with van der Waals surface area (Å²) in [5.41, 5.74) is 9.33. The van der Waals surface area contributed by atoms with Crippen LogP contribution in [0.5, 0.6) is 0 Å². The molecule has 0 spiro atoms. The van der Waals surface area contributed by atoms with Gasteiger partial charge in [-0.25, -0.2) is 0 Å². The Hall–Kier alpha value is -0.990. The van der Waals surface area contributed by atoms with E-state index in [4.69, 9.17) is 17.3 Å². The molecule has 0 aliphatic carbocycles. The molecule has 2 rings (SSSR count). The second-order valence-corrected chi connectivity index (χ2v) is 6.33. The number of rotatable bonds is 3. The van der Waals surface area contributed by atoms with E-state index in [9.17, 15) is 0 Å². The molecule has 0 bridgehead atoms. The fraction of sp³-hybridized carbons (Fsp3) is 0.286. The van der Waals surface area contributed by atoms with E-state index in [1.807, 2.05) is 18.2 Å². The average molecular weight is 266 g/mol. The average Bonchev–Trinajstić information content (AvgIpc) is 2.67. The van der Waals surface area contributed by atoms with Crippen LogP contribution in [0.3, 0.4) is 0 Å². The van der Waals surface area contributed by atoms with Crippen LogP contribution in [-0.2, 0) is 6.42 Å². The molecule has 3 heteroatoms. The van der Waals surface area contributed by atoms with E-state index in [1.54, 1.807) is 11.3 Å². The number of nitrogens with two attached hydrogens (primary N) is 1. The van der Waals surface area contributed by atoms with Gasteiger partial charge >= 0.3 is 0 Å². The number of hydrogen-bond acceptors (Lipinski definition) is 2. The molecule has 0 aliphatic heterocycles. The standard InChI is InChI=1S/C14H16ClNS/c1-9(2)7-10-3-4-11(8-12(10)16)13-5-6-14(15)17-13/h3-6,8-9H,7,16H2,1-2H3. The second-order valence-electron chi connectivity index (χ2n) is 4.62. The molecule has 0 amide bonds. The van der Waals surface area contributed by atoms with Crippen LogP contribution in [0.15, 0.2) is 30.3 Å². The molecule has 0 aliphatic rings. The van der Waals surface area contributed by atoms with Crippen LogP contribution in [0.25, 0.3) is 10.4 Å². The lowest BCUT2D eigenvalue weighted by atomic mass is 9.99. The molecule has 2 aromatic rings. The van der Waals surface area contributed by atoms with Crippen molar-refractivity contribution in [1.82, 2.24) is 0 Å². The van der Waals surface area contributed by atoms with Gasteiger partial charge in [-0.3, -0.25) is 0 Å². The maximum absolute atomic E-state index is 6.09. The summed E-state index contributed by atoms with van der Waals surface area (Å²) in [5, 5.41) is 0. The predicted molar refractivity (Wildman–Crippen MR) is 77.7 cm³/mol. The minimum absolute atomic E-state index is 0.624. The van der Waals surface area contributed by atoms with Crippen molar-refractivity contribution in [2.45, 2.75) is 20.3 Å². The van der Waals surface area contributed by atoms with E-state index < -0.39 is 0 Å². The second kappa shape index (κ2) is 5.11. The highest BCUT2D eigenvalue weighted by Gasteiger charge is 2.06. The molecule has 0 fully saturated rings. The molecular formula is C14H16ClNS. The Morgan fingerprint density at radius 1 is 1.24 bits per heavy atom. The van der Waals surface area contributed by atoms with Crippen LogP contribution in [0.2, 0.25) is 4.34 Å². The molecule has 0 unspecified atom stereocenters. The third-order valence-electron chi connectivity index (χ3n) is 2.63. The summed E-state index contributed by atoms with van der Waals surface area (Å²) < 4.78 is 0.810. The molecule has 0 atom stereocenters. The van der Waals surface area contributed by atoms with E-state index in [-0.39, 0.29) is 0 Å². The number of anilines is 1. The van der Waals surface area contributed by atoms with Crippen molar-refractivity contribution in [3.63, 3.8) is 0 Å². The monoisotopic (exact) mass is 265 g/mol. The normalized spacial score (nSPS) is 11.1. The first kappa shape index (κ1) is 12.5. The number of benzene rings is 1. The maximum atomic E-state index is 6.09. The van der Waals surface area contributed by atoms with Crippen molar-refractivity contribution in [2.24, 2.45) is 5.92 Å². The van der Waals surface area contributed by atoms with Crippen molar-refractivity contribution in [1.29, 1.82) is 0 Å². The first-order chi connectivity index (χ1) is 8.06. The summed E-state index contributed by atoms with van der Waals surface area (Å²) in [4.78, 5) is 1.16. The molecular weight excluding hydrogens is 250 g/mol. The van der Waals surface area contributed by atoms with Crippen LogP contribution in [0, 0.1) is 5.92 Å². The van der Waals surface area contributed by atoms with Crippen molar-refractivity contribution in [3.8, 4) is 10.4 Å². The van der Waals surface area contributed by atoms with Crippen molar-refractivity contribution >= 4 is 28.6 Å². The number of thiophene rings is 1. The molecule has 1 nitrogen and oxygen atoms in total. The zero-order valence-electron chi connectivity index (χ0n) is 10.0. The third kappa shape index (κ3) is 3.02. The molecule has 1 heterocycles. The summed E-state index contributed by atoms with van der Waals surface area (Å²) in [6.45, 7) is 4.40. The minimum Gasteiger partial charge on any atom is -0.398 e. The fourth-order valence-electron chi connectivity index (χ4n) is 1.84. The molecule has 90 valence electrons. The van der Waals surface area contributed by atoms with Gasteiger partial charge in [0, 0.05) is 10.6 Å². The molecule has 1 aromatic carbocycles. The molecule has 2 N–H and O–H groups in total. The van der Waals surface area contributed by atoms with Gasteiger partial charge in [0.15, 0.2) is 0 Å². The van der Waals surface area contributed by atoms with Gasteiger partial charge in [0.25, 0.3) is 0 Å². The Morgan fingerprint density at radius 2 is 2.00 bits per heavy atom. The highest BCUT2D eigenvalue weighted by atomic mass is 35.5. The van der Waals surface area contributed by atoms with Gasteiger partial charge in [-0.15, -0.1) is 11.3 Å². The van der Waals surface area contributed by atoms with E-state index in [2.05, 4.69) is 26.0 Å². The Kier molecular flexibility index (Phi) is 3.75. The quantitative estimate of drug-likeness (QED) is 0.789. The van der Waals surface area contributed by atoms with E-state index in [0.717, 1.165) is 26.9 Å². The zero-order chi connectivity index (χ0) is 12.4. The number of hydrogen-bond donors (Lipinski definition) is 1. The van der Waals surface area contributed by atoms with Crippen LogP contribution in [0.4, 0.5) is 5.69 Å². The Bertz CT molecular complexity index is 517. The van der Waals surface area contributed by atoms with Gasteiger partial charge in [0.05, 0.1) is 4.34 Å². The predicted octanol–water partition coefficient (Wildman–Crippen LogP) is 4.85. The van der Waals surface area contributed by atoms with Crippen molar-refractivity contribution < 1.29 is 0 Å². The third-order valence-corrected chi connectivity index (χ3v) is 3.91. The highest BCUT2D eigenvalue weighted by molar-refractivity contribution is 7.19. The van der Waals surface area contributed by atoms with Gasteiger partial charge in [0.1, 0.15) is 0 Å². The Labute approximate surface area is 111 Å². The summed E-state index contributed by atoms with van der Waals surface area (Å²) in [5.74, 6) is 0.624. The number of nitrogen functional groups attached to an aromatic ring is 1. The lowest BCUT2D eigenvalue weighted by Crippen LogP contribution is -1.99. The topological polar surface area (TPSA) is 26.0 Å². The zero-order valence-corrected chi connectivity index (χ0v) is 11.6. The van der Waals surface area contributed by atoms with Gasteiger partial charge in [-0.1, -0.05) is 37.6 Å². The fourth-order valence-corrected chi connectivity index (χ4v) is 2.88. The minimum atomic E-state index is 0.624. The lowest BCUT2D eigenvalue weighted by Gasteiger charge is -2.09. The van der Waals surface area contributed by atoms with Crippen LogP contribution in [0.1, 0.15) is 19.4 Å². The van der Waals surface area contributed by atoms with Crippen molar-refractivity contribution in [2.75, 3.05) is 5.73 Å². The summed E-state index contributed by atoms with van der Waals surface area (Å²) in [7, 11) is 0. The molecule has 0 radical (unpaired) electrons. The number of halogens is 1. The van der Waals surface area contributed by atoms with Crippen LogP contribution in [-0.4, -0.2) is 0 Å². The highest BCUT2D eigenvalue weighted by Crippen LogP contribution is 2.32. The van der Waals surface area contributed by atoms with Gasteiger partial charge < -0.3 is 5.73 Å². The molecule has 17 heavy (non-hydrogen) atoms. The smallest absolute Gasteiger partial charge is 0.0934 e. The summed E-state index contributed by atoms with van der Waals surface area (Å²) in [6, 6.07) is 10.2. The van der Waals surface area contributed by atoms with E-state index in [0.29, 0.717) is 5.92 Å². The van der Waals surface area contributed by atoms with Gasteiger partial charge in [-0.2, -0.15) is 0 Å². The van der Waals surface area contributed by atoms with Gasteiger partial charge in [0.2, 0.25) is 0 Å². The molecule has 0 saturated heterocycles. The Balaban J connectivity index is 2.30.